The first-order valence-electron chi connectivity index (χ1n) is 7.26. The van der Waals surface area contributed by atoms with Gasteiger partial charge in [-0.05, 0) is 25.3 Å². The molecule has 1 aromatic carbocycles. The van der Waals surface area contributed by atoms with E-state index in [2.05, 4.69) is 68.7 Å². The lowest BCUT2D eigenvalue weighted by molar-refractivity contribution is 0.505. The van der Waals surface area contributed by atoms with Gasteiger partial charge >= 0.3 is 0 Å². The highest BCUT2D eigenvalue weighted by atomic mass is 127. The Hall–Kier alpha value is -0.780. The third-order valence-electron chi connectivity index (χ3n) is 3.17. The Morgan fingerprint density at radius 3 is 2.05 bits per heavy atom. The predicted molar refractivity (Wildman–Crippen MR) is 99.1 cm³/mol. The molecule has 0 saturated heterocycles. The van der Waals surface area contributed by atoms with E-state index in [4.69, 9.17) is 4.99 Å². The van der Waals surface area contributed by atoms with Crippen LogP contribution in [-0.4, -0.2) is 25.6 Å². The Kier molecular flexibility index (Phi) is 10.5. The molecule has 0 aliphatic rings. The van der Waals surface area contributed by atoms with Crippen LogP contribution in [0, 0.1) is 5.92 Å². The number of rotatable bonds is 6. The smallest absolute Gasteiger partial charge is 0.191 e. The molecule has 0 aromatic heterocycles. The lowest BCUT2D eigenvalue weighted by Gasteiger charge is -2.20. The van der Waals surface area contributed by atoms with Crippen LogP contribution in [0.1, 0.15) is 39.2 Å². The molecule has 0 aliphatic heterocycles. The first kappa shape index (κ1) is 19.2. The van der Waals surface area contributed by atoms with Gasteiger partial charge in [0.05, 0.1) is 0 Å². The Morgan fingerprint density at radius 2 is 1.60 bits per heavy atom. The largest absolute Gasteiger partial charge is 0.357 e. The van der Waals surface area contributed by atoms with Crippen LogP contribution in [0.4, 0.5) is 0 Å². The molecule has 0 amide bonds. The summed E-state index contributed by atoms with van der Waals surface area (Å²) in [4.78, 5) is 4.70. The van der Waals surface area contributed by atoms with Crippen LogP contribution in [0.2, 0.25) is 0 Å². The van der Waals surface area contributed by atoms with Gasteiger partial charge in [-0.3, -0.25) is 4.99 Å². The van der Waals surface area contributed by atoms with Crippen molar-refractivity contribution < 1.29 is 0 Å². The minimum Gasteiger partial charge on any atom is -0.357 e. The molecular weight excluding hydrogens is 361 g/mol. The summed E-state index contributed by atoms with van der Waals surface area (Å²) in [5.74, 6) is 1.95. The van der Waals surface area contributed by atoms with E-state index in [1.807, 2.05) is 0 Å². The minimum atomic E-state index is 0. The fourth-order valence-corrected chi connectivity index (χ4v) is 2.10. The third kappa shape index (κ3) is 6.59. The molecule has 4 heteroatoms. The number of hydrogen-bond acceptors (Lipinski definition) is 1. The summed E-state index contributed by atoms with van der Waals surface area (Å²) in [5.41, 5.74) is 1.37. The maximum Gasteiger partial charge on any atom is 0.191 e. The van der Waals surface area contributed by atoms with E-state index in [0.717, 1.165) is 25.6 Å². The van der Waals surface area contributed by atoms with Crippen molar-refractivity contribution in [2.24, 2.45) is 10.9 Å². The van der Waals surface area contributed by atoms with Crippen molar-refractivity contribution in [3.05, 3.63) is 35.9 Å². The second-order valence-electron chi connectivity index (χ2n) is 5.01. The van der Waals surface area contributed by atoms with Crippen LogP contribution in [0.25, 0.3) is 0 Å². The number of benzene rings is 1. The van der Waals surface area contributed by atoms with E-state index in [1.165, 1.54) is 5.56 Å². The standard InChI is InChI=1S/C16H27N3.HI/c1-5-17-16(18-6-2)19-12-15(13(3)4)14-10-8-7-9-11-14;/h7-11,13,15H,5-6,12H2,1-4H3,(H2,17,18,19);1H. The normalized spacial score (nSPS) is 11.4. The molecule has 2 N–H and O–H groups in total. The van der Waals surface area contributed by atoms with Crippen LogP contribution in [-0.2, 0) is 0 Å². The molecule has 1 atom stereocenters. The summed E-state index contributed by atoms with van der Waals surface area (Å²) >= 11 is 0. The Morgan fingerprint density at radius 1 is 1.05 bits per heavy atom. The summed E-state index contributed by atoms with van der Waals surface area (Å²) in [6, 6.07) is 10.7. The van der Waals surface area contributed by atoms with Gasteiger partial charge in [0, 0.05) is 25.6 Å². The zero-order valence-electron chi connectivity index (χ0n) is 13.0. The molecule has 1 unspecified atom stereocenters. The molecule has 20 heavy (non-hydrogen) atoms. The van der Waals surface area contributed by atoms with Crippen molar-refractivity contribution in [3.63, 3.8) is 0 Å². The highest BCUT2D eigenvalue weighted by Crippen LogP contribution is 2.24. The molecule has 114 valence electrons. The van der Waals surface area contributed by atoms with Gasteiger partial charge in [0.15, 0.2) is 5.96 Å². The monoisotopic (exact) mass is 389 g/mol. The fourth-order valence-electron chi connectivity index (χ4n) is 2.10. The topological polar surface area (TPSA) is 36.4 Å². The highest BCUT2D eigenvalue weighted by Gasteiger charge is 2.15. The second-order valence-corrected chi connectivity index (χ2v) is 5.01. The van der Waals surface area contributed by atoms with Gasteiger partial charge in [0.1, 0.15) is 0 Å². The highest BCUT2D eigenvalue weighted by molar-refractivity contribution is 14.0. The van der Waals surface area contributed by atoms with Gasteiger partial charge in [-0.25, -0.2) is 0 Å². The third-order valence-corrected chi connectivity index (χ3v) is 3.17. The average molecular weight is 389 g/mol. The van der Waals surface area contributed by atoms with Crippen molar-refractivity contribution in [1.82, 2.24) is 10.6 Å². The summed E-state index contributed by atoms with van der Waals surface area (Å²) in [6.45, 7) is 11.3. The average Bonchev–Trinajstić information content (AvgIpc) is 2.40. The van der Waals surface area contributed by atoms with E-state index >= 15 is 0 Å². The summed E-state index contributed by atoms with van der Waals surface area (Å²) in [7, 11) is 0. The number of guanidine groups is 1. The van der Waals surface area contributed by atoms with Crippen LogP contribution >= 0.6 is 24.0 Å². The van der Waals surface area contributed by atoms with E-state index < -0.39 is 0 Å². The molecule has 0 fully saturated rings. The number of nitrogens with zero attached hydrogens (tertiary/aromatic N) is 1. The van der Waals surface area contributed by atoms with E-state index in [0.29, 0.717) is 11.8 Å². The Balaban J connectivity index is 0.00000361. The molecule has 1 rings (SSSR count). The van der Waals surface area contributed by atoms with Crippen LogP contribution in [0.15, 0.2) is 35.3 Å². The quantitative estimate of drug-likeness (QED) is 0.443. The second kappa shape index (κ2) is 10.9. The lowest BCUT2D eigenvalue weighted by Crippen LogP contribution is -2.37. The van der Waals surface area contributed by atoms with Gasteiger partial charge in [-0.15, -0.1) is 24.0 Å². The molecule has 0 spiro atoms. The zero-order valence-corrected chi connectivity index (χ0v) is 15.3. The predicted octanol–water partition coefficient (Wildman–Crippen LogP) is 3.62. The molecule has 3 nitrogen and oxygen atoms in total. The zero-order chi connectivity index (χ0) is 14.1. The van der Waals surface area contributed by atoms with Crippen molar-refractivity contribution in [3.8, 4) is 0 Å². The maximum absolute atomic E-state index is 4.70. The Labute approximate surface area is 140 Å². The maximum atomic E-state index is 4.70. The van der Waals surface area contributed by atoms with Gasteiger partial charge in [-0.1, -0.05) is 44.2 Å². The molecule has 0 bridgehead atoms. The first-order chi connectivity index (χ1) is 9.19. The van der Waals surface area contributed by atoms with Crippen molar-refractivity contribution in [2.75, 3.05) is 19.6 Å². The SMILES string of the molecule is CCNC(=NCC(c1ccccc1)C(C)C)NCC.I. The first-order valence-corrected chi connectivity index (χ1v) is 7.26. The van der Waals surface area contributed by atoms with Crippen LogP contribution < -0.4 is 10.6 Å². The number of halogens is 1. The van der Waals surface area contributed by atoms with Crippen LogP contribution in [0.3, 0.4) is 0 Å². The molecule has 0 heterocycles. The minimum absolute atomic E-state index is 0. The van der Waals surface area contributed by atoms with E-state index in [-0.39, 0.29) is 24.0 Å². The lowest BCUT2D eigenvalue weighted by atomic mass is 9.88. The Bertz CT molecular complexity index is 369. The van der Waals surface area contributed by atoms with Crippen molar-refractivity contribution >= 4 is 29.9 Å². The van der Waals surface area contributed by atoms with E-state index in [9.17, 15) is 0 Å². The molecule has 0 aliphatic carbocycles. The summed E-state index contributed by atoms with van der Waals surface area (Å²) in [6.07, 6.45) is 0. The number of nitrogens with one attached hydrogen (secondary N) is 2. The van der Waals surface area contributed by atoms with Gasteiger partial charge in [0.2, 0.25) is 0 Å². The molecule has 1 aromatic rings. The van der Waals surface area contributed by atoms with Crippen molar-refractivity contribution in [2.45, 2.75) is 33.6 Å². The summed E-state index contributed by atoms with van der Waals surface area (Å²) in [5, 5.41) is 6.54. The fraction of sp³-hybridized carbons (Fsp3) is 0.562. The van der Waals surface area contributed by atoms with Gasteiger partial charge in [-0.2, -0.15) is 0 Å². The molecular formula is C16H28IN3. The van der Waals surface area contributed by atoms with Gasteiger partial charge in [0.25, 0.3) is 0 Å². The molecule has 0 saturated carbocycles. The molecule has 0 radical (unpaired) electrons. The van der Waals surface area contributed by atoms with Crippen molar-refractivity contribution in [1.29, 1.82) is 0 Å². The van der Waals surface area contributed by atoms with Gasteiger partial charge < -0.3 is 10.6 Å². The number of aliphatic imine (C=N–C) groups is 1. The van der Waals surface area contributed by atoms with E-state index in [1.54, 1.807) is 0 Å². The number of hydrogen-bond donors (Lipinski definition) is 2. The van der Waals surface area contributed by atoms with Crippen LogP contribution in [0.5, 0.6) is 0 Å². The summed E-state index contributed by atoms with van der Waals surface area (Å²) < 4.78 is 0.